The Morgan fingerprint density at radius 1 is 1.38 bits per heavy atom. The lowest BCUT2D eigenvalue weighted by Crippen LogP contribution is -2.40. The molecule has 0 aromatic heterocycles. The van der Waals surface area contributed by atoms with Crippen LogP contribution in [0.1, 0.15) is 32.3 Å². The molecule has 21 heavy (non-hydrogen) atoms. The smallest absolute Gasteiger partial charge is 0.138 e. The monoisotopic (exact) mass is 313 g/mol. The van der Waals surface area contributed by atoms with Crippen LogP contribution in [0.2, 0.25) is 0 Å². The molecule has 0 spiro atoms. The molecule has 0 radical (unpaired) electrons. The van der Waals surface area contributed by atoms with Crippen molar-refractivity contribution in [3.63, 3.8) is 0 Å². The number of Topliss-reactive ketones (excluding diaryl/α,β-unsaturated/α-hetero) is 1. The van der Waals surface area contributed by atoms with Crippen LogP contribution >= 0.6 is 9.24 Å². The Balaban J connectivity index is 0.00000106. The Hall–Kier alpha value is -0.830. The maximum absolute atomic E-state index is 13.6. The number of ketones is 1. The molecule has 0 bridgehead atoms. The summed E-state index contributed by atoms with van der Waals surface area (Å²) in [6, 6.07) is 5.00. The van der Waals surface area contributed by atoms with Gasteiger partial charge in [0, 0.05) is 24.9 Å². The molecule has 1 aromatic carbocycles. The maximum atomic E-state index is 13.6. The number of benzene rings is 1. The zero-order valence-corrected chi connectivity index (χ0v) is 14.2. The van der Waals surface area contributed by atoms with Crippen molar-refractivity contribution in [2.24, 2.45) is 0 Å². The van der Waals surface area contributed by atoms with Crippen molar-refractivity contribution < 1.29 is 13.9 Å². The highest BCUT2D eigenvalue weighted by molar-refractivity contribution is 7.27. The molecule has 118 valence electrons. The average molecular weight is 313 g/mol. The van der Waals surface area contributed by atoms with E-state index in [1.165, 1.54) is 6.07 Å². The van der Waals surface area contributed by atoms with Gasteiger partial charge in [-0.15, -0.1) is 9.24 Å². The van der Waals surface area contributed by atoms with Gasteiger partial charge in [-0.3, -0.25) is 9.69 Å². The predicted molar refractivity (Wildman–Crippen MR) is 87.8 cm³/mol. The van der Waals surface area contributed by atoms with E-state index in [4.69, 9.17) is 4.74 Å². The minimum Gasteiger partial charge on any atom is -0.379 e. The first kappa shape index (κ1) is 18.2. The van der Waals surface area contributed by atoms with Crippen LogP contribution in [0.5, 0.6) is 0 Å². The van der Waals surface area contributed by atoms with Crippen molar-refractivity contribution >= 4 is 20.3 Å². The van der Waals surface area contributed by atoms with E-state index < -0.39 is 0 Å². The highest BCUT2D eigenvalue weighted by atomic mass is 31.0. The van der Waals surface area contributed by atoms with Crippen LogP contribution in [-0.4, -0.2) is 43.5 Å². The molecule has 2 rings (SSSR count). The van der Waals surface area contributed by atoms with Gasteiger partial charge in [0.25, 0.3) is 0 Å². The molecule has 1 aliphatic rings. The van der Waals surface area contributed by atoms with Crippen LogP contribution in [0.25, 0.3) is 0 Å². The molecule has 0 N–H and O–H groups in total. The number of hydrogen-bond acceptors (Lipinski definition) is 3. The van der Waals surface area contributed by atoms with Crippen molar-refractivity contribution in [2.75, 3.05) is 32.8 Å². The number of carbonyl (C=O) groups is 1. The highest BCUT2D eigenvalue weighted by Crippen LogP contribution is 2.20. The van der Waals surface area contributed by atoms with Crippen molar-refractivity contribution in [1.29, 1.82) is 0 Å². The molecule has 1 heterocycles. The fourth-order valence-corrected chi connectivity index (χ4v) is 2.45. The normalized spacial score (nSPS) is 16.8. The summed E-state index contributed by atoms with van der Waals surface area (Å²) in [4.78, 5) is 14.0. The van der Waals surface area contributed by atoms with Crippen LogP contribution in [-0.2, 0) is 9.53 Å². The molecule has 3 nitrogen and oxygen atoms in total. The zero-order chi connectivity index (χ0) is 15.8. The van der Waals surface area contributed by atoms with E-state index in [0.717, 1.165) is 18.7 Å². The standard InChI is InChI=1S/C14H19FNO2P.C2H6/c1-10(17)12(9-16-4-6-18-7-5-16)11-2-3-14(19)13(15)8-11;1-2/h2-3,8,12H,4-7,9,19H2,1H3;1-2H3. The molecule has 1 saturated heterocycles. The lowest BCUT2D eigenvalue weighted by molar-refractivity contribution is -0.119. The second kappa shape index (κ2) is 9.24. The third-order valence-electron chi connectivity index (χ3n) is 3.46. The summed E-state index contributed by atoms with van der Waals surface area (Å²) in [5.41, 5.74) is 0.752. The molecule has 5 heteroatoms. The molecule has 0 aliphatic carbocycles. The van der Waals surface area contributed by atoms with Gasteiger partial charge in [0.05, 0.1) is 19.1 Å². The minimum atomic E-state index is -0.282. The van der Waals surface area contributed by atoms with E-state index in [1.54, 1.807) is 13.0 Å². The zero-order valence-electron chi connectivity index (χ0n) is 13.1. The summed E-state index contributed by atoms with van der Waals surface area (Å²) in [5.74, 6) is -0.476. The van der Waals surface area contributed by atoms with E-state index in [1.807, 2.05) is 19.9 Å². The summed E-state index contributed by atoms with van der Waals surface area (Å²) in [6.07, 6.45) is 0. The second-order valence-electron chi connectivity index (χ2n) is 4.86. The van der Waals surface area contributed by atoms with Gasteiger partial charge in [-0.05, 0) is 18.6 Å². The van der Waals surface area contributed by atoms with Crippen LogP contribution in [0, 0.1) is 5.82 Å². The molecule has 2 atom stereocenters. The fourth-order valence-electron chi connectivity index (χ4n) is 2.27. The van der Waals surface area contributed by atoms with Crippen molar-refractivity contribution in [3.8, 4) is 0 Å². The number of rotatable bonds is 4. The second-order valence-corrected chi connectivity index (χ2v) is 5.48. The first-order valence-electron chi connectivity index (χ1n) is 7.43. The van der Waals surface area contributed by atoms with E-state index in [2.05, 4.69) is 14.1 Å². The lowest BCUT2D eigenvalue weighted by atomic mass is 9.94. The van der Waals surface area contributed by atoms with Crippen LogP contribution < -0.4 is 5.30 Å². The van der Waals surface area contributed by atoms with Crippen LogP contribution in [0.3, 0.4) is 0 Å². The summed E-state index contributed by atoms with van der Waals surface area (Å²) >= 11 is 0. The molecule has 1 fully saturated rings. The Morgan fingerprint density at radius 2 is 2.00 bits per heavy atom. The van der Waals surface area contributed by atoms with Crippen LogP contribution in [0.15, 0.2) is 18.2 Å². The van der Waals surface area contributed by atoms with Crippen LogP contribution in [0.4, 0.5) is 4.39 Å². The van der Waals surface area contributed by atoms with Gasteiger partial charge in [0.15, 0.2) is 0 Å². The lowest BCUT2D eigenvalue weighted by Gasteiger charge is -2.29. The van der Waals surface area contributed by atoms with Crippen molar-refractivity contribution in [1.82, 2.24) is 4.90 Å². The minimum absolute atomic E-state index is 0.0717. The number of halogens is 1. The molecule has 2 unspecified atom stereocenters. The van der Waals surface area contributed by atoms with E-state index >= 15 is 0 Å². The quantitative estimate of drug-likeness (QED) is 0.799. The molecular weight excluding hydrogens is 288 g/mol. The van der Waals surface area contributed by atoms with Gasteiger partial charge in [-0.25, -0.2) is 4.39 Å². The Morgan fingerprint density at radius 3 is 2.52 bits per heavy atom. The Bertz CT molecular complexity index is 462. The van der Waals surface area contributed by atoms with Gasteiger partial charge in [0.2, 0.25) is 0 Å². The summed E-state index contributed by atoms with van der Waals surface area (Å²) in [7, 11) is 2.35. The third-order valence-corrected chi connectivity index (χ3v) is 3.93. The maximum Gasteiger partial charge on any atom is 0.138 e. The van der Waals surface area contributed by atoms with Crippen molar-refractivity contribution in [2.45, 2.75) is 26.7 Å². The topological polar surface area (TPSA) is 29.5 Å². The van der Waals surface area contributed by atoms with Crippen molar-refractivity contribution in [3.05, 3.63) is 29.6 Å². The summed E-state index contributed by atoms with van der Waals surface area (Å²) in [6.45, 7) is 9.25. The third kappa shape index (κ3) is 5.46. The van der Waals surface area contributed by atoms with Gasteiger partial charge >= 0.3 is 0 Å². The summed E-state index contributed by atoms with van der Waals surface area (Å²) < 4.78 is 18.9. The Kier molecular flexibility index (Phi) is 8.02. The van der Waals surface area contributed by atoms with Gasteiger partial charge in [-0.1, -0.05) is 26.0 Å². The fraction of sp³-hybridized carbons (Fsp3) is 0.562. The average Bonchev–Trinajstić information content (AvgIpc) is 2.50. The van der Waals surface area contributed by atoms with Gasteiger partial charge < -0.3 is 4.74 Å². The molecule has 0 saturated carbocycles. The van der Waals surface area contributed by atoms with E-state index in [-0.39, 0.29) is 17.5 Å². The molecule has 1 aliphatic heterocycles. The van der Waals surface area contributed by atoms with Gasteiger partial charge in [0.1, 0.15) is 11.6 Å². The number of carbonyl (C=O) groups excluding carboxylic acids is 1. The van der Waals surface area contributed by atoms with E-state index in [9.17, 15) is 9.18 Å². The van der Waals surface area contributed by atoms with E-state index in [0.29, 0.717) is 25.1 Å². The number of morpholine rings is 1. The molecule has 1 aromatic rings. The first-order chi connectivity index (χ1) is 10.1. The molecular formula is C16H25FNO2P. The number of nitrogens with zero attached hydrogens (tertiary/aromatic N) is 1. The van der Waals surface area contributed by atoms with Gasteiger partial charge in [-0.2, -0.15) is 0 Å². The first-order valence-corrected chi connectivity index (χ1v) is 8.01. The SMILES string of the molecule is CC.CC(=O)C(CN1CCOCC1)c1ccc(P)c(F)c1. The largest absolute Gasteiger partial charge is 0.379 e. The number of ether oxygens (including phenoxy) is 1. The Labute approximate surface area is 129 Å². The summed E-state index contributed by atoms with van der Waals surface area (Å²) in [5, 5.41) is 0.525. The number of hydrogen-bond donors (Lipinski definition) is 0. The highest BCUT2D eigenvalue weighted by Gasteiger charge is 2.22. The predicted octanol–water partition coefficient (Wildman–Crippen LogP) is 2.36. The molecule has 0 amide bonds.